The van der Waals surface area contributed by atoms with Crippen LogP contribution in [-0.4, -0.2) is 44.2 Å². The lowest BCUT2D eigenvalue weighted by Crippen LogP contribution is -2.29. The van der Waals surface area contributed by atoms with Crippen LogP contribution < -0.4 is 5.32 Å². The van der Waals surface area contributed by atoms with E-state index in [2.05, 4.69) is 21.2 Å². The van der Waals surface area contributed by atoms with E-state index in [1.807, 2.05) is 6.92 Å². The summed E-state index contributed by atoms with van der Waals surface area (Å²) in [5.74, 6) is -0.0748. The molecule has 14 heavy (non-hydrogen) atoms. The number of carbonyl (C=O) groups is 1. The zero-order valence-electron chi connectivity index (χ0n) is 8.72. The van der Waals surface area contributed by atoms with Gasteiger partial charge in [0.05, 0.1) is 13.2 Å². The Bertz CT molecular complexity index is 153. The maximum Gasteiger partial charge on any atom is 0.246 e. The Labute approximate surface area is 93.5 Å². The minimum Gasteiger partial charge on any atom is -0.382 e. The highest BCUT2D eigenvalue weighted by atomic mass is 79.9. The largest absolute Gasteiger partial charge is 0.382 e. The fourth-order valence-corrected chi connectivity index (χ4v) is 0.998. The third-order valence-electron chi connectivity index (χ3n) is 1.53. The number of halogens is 1. The summed E-state index contributed by atoms with van der Waals surface area (Å²) in [6, 6.07) is 0. The smallest absolute Gasteiger partial charge is 0.246 e. The van der Waals surface area contributed by atoms with Crippen molar-refractivity contribution in [2.75, 3.05) is 33.5 Å². The molecule has 0 heterocycles. The highest BCUT2D eigenvalue weighted by Gasteiger charge is 2.01. The molecule has 84 valence electrons. The van der Waals surface area contributed by atoms with Gasteiger partial charge in [-0.25, -0.2) is 0 Å². The Hall–Kier alpha value is -0.130. The van der Waals surface area contributed by atoms with Gasteiger partial charge in [-0.15, -0.1) is 0 Å². The summed E-state index contributed by atoms with van der Waals surface area (Å²) >= 11 is 3.40. The number of nitrogens with one attached hydrogen (secondary N) is 1. The van der Waals surface area contributed by atoms with E-state index in [1.54, 1.807) is 7.11 Å². The number of alkyl halides is 1. The molecular formula is C9H18BrNO3. The second-order valence-electron chi connectivity index (χ2n) is 2.96. The number of carbonyl (C=O) groups excluding carboxylic acids is 1. The van der Waals surface area contributed by atoms with Crippen molar-refractivity contribution < 1.29 is 14.3 Å². The highest BCUT2D eigenvalue weighted by Crippen LogP contribution is 2.00. The van der Waals surface area contributed by atoms with E-state index in [0.717, 1.165) is 6.42 Å². The summed E-state index contributed by atoms with van der Waals surface area (Å²) in [5, 5.41) is 2.76. The van der Waals surface area contributed by atoms with E-state index in [0.29, 0.717) is 24.6 Å². The van der Waals surface area contributed by atoms with E-state index in [9.17, 15) is 4.79 Å². The predicted octanol–water partition coefficient (Wildman–Crippen LogP) is 0.939. The van der Waals surface area contributed by atoms with Gasteiger partial charge in [-0.1, -0.05) is 22.9 Å². The topological polar surface area (TPSA) is 47.6 Å². The lowest BCUT2D eigenvalue weighted by atomic mass is 10.3. The van der Waals surface area contributed by atoms with Crippen LogP contribution in [0.25, 0.3) is 0 Å². The number of hydrogen-bond acceptors (Lipinski definition) is 3. The molecule has 1 unspecified atom stereocenters. The molecule has 0 aliphatic carbocycles. The number of hydrogen-bond donors (Lipinski definition) is 1. The van der Waals surface area contributed by atoms with Crippen LogP contribution >= 0.6 is 15.9 Å². The Balaban J connectivity index is 3.20. The minimum atomic E-state index is -0.0748. The van der Waals surface area contributed by atoms with Crippen molar-refractivity contribution in [2.24, 2.45) is 0 Å². The third kappa shape index (κ3) is 9.95. The molecule has 0 saturated carbocycles. The highest BCUT2D eigenvalue weighted by molar-refractivity contribution is 9.09. The maximum absolute atomic E-state index is 11.1. The summed E-state index contributed by atoms with van der Waals surface area (Å²) in [5.41, 5.74) is 0. The predicted molar refractivity (Wildman–Crippen MR) is 58.7 cm³/mol. The molecule has 1 atom stereocenters. The summed E-state index contributed by atoms with van der Waals surface area (Å²) < 4.78 is 9.82. The molecule has 0 aromatic carbocycles. The second-order valence-corrected chi connectivity index (χ2v) is 4.53. The molecule has 0 aromatic heterocycles. The fraction of sp³-hybridized carbons (Fsp3) is 0.889. The van der Waals surface area contributed by atoms with Gasteiger partial charge in [-0.2, -0.15) is 0 Å². The van der Waals surface area contributed by atoms with Crippen molar-refractivity contribution in [1.82, 2.24) is 5.32 Å². The second kappa shape index (κ2) is 9.43. The molecule has 0 aromatic rings. The lowest BCUT2D eigenvalue weighted by Gasteiger charge is -2.06. The van der Waals surface area contributed by atoms with Gasteiger partial charge in [0.15, 0.2) is 0 Å². The average Bonchev–Trinajstić information content (AvgIpc) is 2.12. The molecule has 0 aliphatic rings. The van der Waals surface area contributed by atoms with Gasteiger partial charge in [-0.3, -0.25) is 4.79 Å². The van der Waals surface area contributed by atoms with Gasteiger partial charge in [0.25, 0.3) is 0 Å². The lowest BCUT2D eigenvalue weighted by molar-refractivity contribution is -0.126. The quantitative estimate of drug-likeness (QED) is 0.526. The maximum atomic E-state index is 11.1. The molecule has 1 amide bonds. The molecule has 0 bridgehead atoms. The van der Waals surface area contributed by atoms with Crippen LogP contribution in [0.3, 0.4) is 0 Å². The summed E-state index contributed by atoms with van der Waals surface area (Å²) in [7, 11) is 1.60. The molecule has 0 radical (unpaired) electrons. The molecule has 5 heteroatoms. The van der Waals surface area contributed by atoms with E-state index >= 15 is 0 Å². The van der Waals surface area contributed by atoms with Gasteiger partial charge >= 0.3 is 0 Å². The fourth-order valence-electron chi connectivity index (χ4n) is 0.769. The molecule has 0 aliphatic heterocycles. The normalized spacial score (nSPS) is 12.5. The number of methoxy groups -OCH3 is 1. The first kappa shape index (κ1) is 13.9. The average molecular weight is 268 g/mol. The third-order valence-corrected chi connectivity index (χ3v) is 1.99. The van der Waals surface area contributed by atoms with Crippen LogP contribution in [0.4, 0.5) is 0 Å². The molecular weight excluding hydrogens is 250 g/mol. The Kier molecular flexibility index (Phi) is 9.34. The van der Waals surface area contributed by atoms with Crippen LogP contribution in [-0.2, 0) is 14.3 Å². The molecule has 1 N–H and O–H groups in total. The first-order valence-electron chi connectivity index (χ1n) is 4.64. The molecule has 0 rings (SSSR count). The zero-order chi connectivity index (χ0) is 10.8. The first-order chi connectivity index (χ1) is 6.66. The van der Waals surface area contributed by atoms with Crippen molar-refractivity contribution in [3.05, 3.63) is 0 Å². The standard InChI is InChI=1S/C9H18BrNO3/c1-8(10)3-4-11-9(12)7-14-6-5-13-2/h8H,3-7H2,1-2H3,(H,11,12). The van der Waals surface area contributed by atoms with Crippen LogP contribution in [0.1, 0.15) is 13.3 Å². The van der Waals surface area contributed by atoms with E-state index in [-0.39, 0.29) is 12.5 Å². The van der Waals surface area contributed by atoms with Crippen molar-refractivity contribution in [1.29, 1.82) is 0 Å². The zero-order valence-corrected chi connectivity index (χ0v) is 10.3. The van der Waals surface area contributed by atoms with Crippen molar-refractivity contribution >= 4 is 21.8 Å². The number of amides is 1. The van der Waals surface area contributed by atoms with Crippen molar-refractivity contribution in [3.8, 4) is 0 Å². The van der Waals surface area contributed by atoms with Crippen molar-refractivity contribution in [3.63, 3.8) is 0 Å². The van der Waals surface area contributed by atoms with Gasteiger partial charge in [0, 0.05) is 18.5 Å². The van der Waals surface area contributed by atoms with Crippen LogP contribution in [0.15, 0.2) is 0 Å². The van der Waals surface area contributed by atoms with E-state index < -0.39 is 0 Å². The van der Waals surface area contributed by atoms with Gasteiger partial charge in [0.1, 0.15) is 6.61 Å². The summed E-state index contributed by atoms with van der Waals surface area (Å²) in [6.07, 6.45) is 0.920. The number of rotatable bonds is 8. The SMILES string of the molecule is COCCOCC(=O)NCCC(C)Br. The molecule has 0 saturated heterocycles. The van der Waals surface area contributed by atoms with E-state index in [1.165, 1.54) is 0 Å². The minimum absolute atomic E-state index is 0.0748. The van der Waals surface area contributed by atoms with Crippen LogP contribution in [0.5, 0.6) is 0 Å². The van der Waals surface area contributed by atoms with Gasteiger partial charge in [-0.05, 0) is 6.42 Å². The molecule has 0 spiro atoms. The van der Waals surface area contributed by atoms with Crippen LogP contribution in [0.2, 0.25) is 0 Å². The van der Waals surface area contributed by atoms with Crippen molar-refractivity contribution in [2.45, 2.75) is 18.2 Å². The summed E-state index contributed by atoms with van der Waals surface area (Å²) in [4.78, 5) is 11.5. The molecule has 0 fully saturated rings. The Morgan fingerprint density at radius 3 is 2.79 bits per heavy atom. The van der Waals surface area contributed by atoms with Gasteiger partial charge < -0.3 is 14.8 Å². The van der Waals surface area contributed by atoms with Crippen LogP contribution in [0, 0.1) is 0 Å². The van der Waals surface area contributed by atoms with Gasteiger partial charge in [0.2, 0.25) is 5.91 Å². The Morgan fingerprint density at radius 1 is 1.50 bits per heavy atom. The Morgan fingerprint density at radius 2 is 2.21 bits per heavy atom. The molecule has 4 nitrogen and oxygen atoms in total. The summed E-state index contributed by atoms with van der Waals surface area (Å²) in [6.45, 7) is 3.81. The number of ether oxygens (including phenoxy) is 2. The monoisotopic (exact) mass is 267 g/mol. The van der Waals surface area contributed by atoms with E-state index in [4.69, 9.17) is 9.47 Å². The first-order valence-corrected chi connectivity index (χ1v) is 5.55.